The van der Waals surface area contributed by atoms with E-state index in [-0.39, 0.29) is 0 Å². The molecule has 0 saturated heterocycles. The minimum absolute atomic E-state index is 0.564. The summed E-state index contributed by atoms with van der Waals surface area (Å²) in [6.45, 7) is 3.41. The zero-order valence-corrected chi connectivity index (χ0v) is 6.34. The average Bonchev–Trinajstić information content (AvgIpc) is 2.09. The van der Waals surface area contributed by atoms with Crippen LogP contribution in [0.1, 0.15) is 0 Å². The Kier molecular flexibility index (Phi) is 2.76. The monoisotopic (exact) mass is 161 g/mol. The minimum atomic E-state index is 0.564. The fourth-order valence-corrected chi connectivity index (χ4v) is 0.739. The summed E-state index contributed by atoms with van der Waals surface area (Å²) >= 11 is 0. The van der Waals surface area contributed by atoms with Crippen molar-refractivity contribution in [1.82, 2.24) is 0 Å². The van der Waals surface area contributed by atoms with Gasteiger partial charge in [-0.15, -0.1) is 0 Å². The van der Waals surface area contributed by atoms with Crippen LogP contribution in [0.5, 0.6) is 5.75 Å². The summed E-state index contributed by atoms with van der Waals surface area (Å²) in [5.74, 6) is 0.668. The number of azide groups is 1. The van der Waals surface area contributed by atoms with Gasteiger partial charge in [-0.05, 0) is 29.8 Å². The molecule has 0 aliphatic carbocycles. The highest BCUT2D eigenvalue weighted by atomic mass is 16.5. The zero-order chi connectivity index (χ0) is 8.81. The Morgan fingerprint density at radius 1 is 1.42 bits per heavy atom. The van der Waals surface area contributed by atoms with Crippen LogP contribution < -0.4 is 4.74 Å². The van der Waals surface area contributed by atoms with Crippen molar-refractivity contribution >= 4 is 5.69 Å². The molecule has 0 N–H and O–H groups in total. The van der Waals surface area contributed by atoms with E-state index >= 15 is 0 Å². The molecule has 60 valence electrons. The third-order valence-electron chi connectivity index (χ3n) is 1.22. The Hall–Kier alpha value is -1.93. The molecule has 0 saturated carbocycles. The molecule has 4 nitrogen and oxygen atoms in total. The van der Waals surface area contributed by atoms with E-state index in [0.717, 1.165) is 0 Å². The molecule has 1 aromatic carbocycles. The van der Waals surface area contributed by atoms with Crippen molar-refractivity contribution in [2.24, 2.45) is 5.11 Å². The molecule has 0 atom stereocenters. The summed E-state index contributed by atoms with van der Waals surface area (Å²) in [5, 5.41) is 3.41. The molecule has 0 radical (unpaired) electrons. The summed E-state index contributed by atoms with van der Waals surface area (Å²) in [7, 11) is 0. The molecule has 1 aromatic rings. The molecule has 12 heavy (non-hydrogen) atoms. The number of hydrogen-bond donors (Lipinski definition) is 0. The van der Waals surface area contributed by atoms with Gasteiger partial charge in [0.05, 0.1) is 6.26 Å². The Morgan fingerprint density at radius 3 is 2.58 bits per heavy atom. The molecule has 0 aliphatic rings. The highest BCUT2D eigenvalue weighted by molar-refractivity contribution is 5.41. The summed E-state index contributed by atoms with van der Waals surface area (Å²) in [6, 6.07) is 6.73. The van der Waals surface area contributed by atoms with E-state index in [2.05, 4.69) is 16.6 Å². The van der Waals surface area contributed by atoms with Crippen LogP contribution in [0.4, 0.5) is 5.69 Å². The fourth-order valence-electron chi connectivity index (χ4n) is 0.739. The zero-order valence-electron chi connectivity index (χ0n) is 6.34. The van der Waals surface area contributed by atoms with Crippen molar-refractivity contribution < 1.29 is 4.74 Å². The van der Waals surface area contributed by atoms with Crippen LogP contribution in [-0.4, -0.2) is 0 Å². The molecule has 0 aliphatic heterocycles. The van der Waals surface area contributed by atoms with Crippen LogP contribution in [0.2, 0.25) is 0 Å². The van der Waals surface area contributed by atoms with Crippen molar-refractivity contribution in [3.05, 3.63) is 47.5 Å². The lowest BCUT2D eigenvalue weighted by molar-refractivity contribution is 0.483. The van der Waals surface area contributed by atoms with Gasteiger partial charge in [0.15, 0.2) is 0 Å². The van der Waals surface area contributed by atoms with Gasteiger partial charge in [0.1, 0.15) is 5.75 Å². The maximum absolute atomic E-state index is 8.10. The molecule has 0 fully saturated rings. The second kappa shape index (κ2) is 4.05. The maximum Gasteiger partial charge on any atom is 0.126 e. The van der Waals surface area contributed by atoms with Crippen LogP contribution in [0.25, 0.3) is 10.4 Å². The second-order valence-electron chi connectivity index (χ2n) is 1.97. The van der Waals surface area contributed by atoms with Gasteiger partial charge >= 0.3 is 0 Å². The van der Waals surface area contributed by atoms with Crippen molar-refractivity contribution in [3.8, 4) is 5.75 Å². The molecular weight excluding hydrogens is 154 g/mol. The van der Waals surface area contributed by atoms with E-state index in [1.165, 1.54) is 6.26 Å². The Bertz CT molecular complexity index is 312. The van der Waals surface area contributed by atoms with Gasteiger partial charge < -0.3 is 4.74 Å². The molecule has 0 heterocycles. The highest BCUT2D eigenvalue weighted by Crippen LogP contribution is 2.17. The smallest absolute Gasteiger partial charge is 0.126 e. The predicted octanol–water partition coefficient (Wildman–Crippen LogP) is 3.15. The third kappa shape index (κ3) is 2.04. The number of hydrogen-bond acceptors (Lipinski definition) is 2. The Labute approximate surface area is 69.7 Å². The van der Waals surface area contributed by atoms with E-state index in [1.54, 1.807) is 24.3 Å². The first kappa shape index (κ1) is 8.17. The van der Waals surface area contributed by atoms with Crippen LogP contribution in [0.15, 0.2) is 42.2 Å². The van der Waals surface area contributed by atoms with Gasteiger partial charge in [0.25, 0.3) is 0 Å². The van der Waals surface area contributed by atoms with E-state index < -0.39 is 0 Å². The van der Waals surface area contributed by atoms with E-state index in [4.69, 9.17) is 10.3 Å². The molecule has 0 bridgehead atoms. The minimum Gasteiger partial charge on any atom is -0.466 e. The Balaban J connectivity index is 2.84. The standard InChI is InChI=1S/C8H7N3O/c1-2-12-8-5-3-7(4-6-8)10-11-9/h2-6H,1H2. The summed E-state index contributed by atoms with van der Waals surface area (Å²) in [4.78, 5) is 2.65. The Morgan fingerprint density at radius 2 is 2.08 bits per heavy atom. The average molecular weight is 161 g/mol. The quantitative estimate of drug-likeness (QED) is 0.290. The lowest BCUT2D eigenvalue weighted by atomic mass is 10.3. The first-order valence-corrected chi connectivity index (χ1v) is 3.29. The molecule has 1 rings (SSSR count). The van der Waals surface area contributed by atoms with E-state index in [1.807, 2.05) is 0 Å². The van der Waals surface area contributed by atoms with Crippen molar-refractivity contribution in [3.63, 3.8) is 0 Å². The van der Waals surface area contributed by atoms with Crippen molar-refractivity contribution in [2.75, 3.05) is 0 Å². The second-order valence-corrected chi connectivity index (χ2v) is 1.97. The van der Waals surface area contributed by atoms with Gasteiger partial charge in [-0.2, -0.15) is 0 Å². The van der Waals surface area contributed by atoms with Crippen LogP contribution in [0, 0.1) is 0 Å². The predicted molar refractivity (Wildman–Crippen MR) is 46.1 cm³/mol. The van der Waals surface area contributed by atoms with Crippen molar-refractivity contribution in [1.29, 1.82) is 0 Å². The van der Waals surface area contributed by atoms with E-state index in [9.17, 15) is 0 Å². The number of nitrogens with zero attached hydrogens (tertiary/aromatic N) is 3. The largest absolute Gasteiger partial charge is 0.466 e. The van der Waals surface area contributed by atoms with Crippen LogP contribution in [0.3, 0.4) is 0 Å². The van der Waals surface area contributed by atoms with Crippen molar-refractivity contribution in [2.45, 2.75) is 0 Å². The van der Waals surface area contributed by atoms with Gasteiger partial charge in [-0.3, -0.25) is 0 Å². The van der Waals surface area contributed by atoms with Crippen LogP contribution in [-0.2, 0) is 0 Å². The maximum atomic E-state index is 8.10. The molecule has 0 aromatic heterocycles. The molecule has 0 amide bonds. The third-order valence-corrected chi connectivity index (χ3v) is 1.22. The SMILES string of the molecule is C=COc1ccc(N=[N+]=[N-])cc1. The summed E-state index contributed by atoms with van der Waals surface area (Å²) < 4.78 is 4.97. The highest BCUT2D eigenvalue weighted by Gasteiger charge is 1.89. The molecule has 4 heteroatoms. The van der Waals surface area contributed by atoms with Crippen LogP contribution >= 0.6 is 0 Å². The number of benzene rings is 1. The van der Waals surface area contributed by atoms with Gasteiger partial charge in [0.2, 0.25) is 0 Å². The molecular formula is C8H7N3O. The molecule has 0 unspecified atom stereocenters. The summed E-state index contributed by atoms with van der Waals surface area (Å²) in [5.41, 5.74) is 8.67. The molecule has 0 spiro atoms. The van der Waals surface area contributed by atoms with E-state index in [0.29, 0.717) is 11.4 Å². The first-order chi connectivity index (χ1) is 5.86. The lowest BCUT2D eigenvalue weighted by Gasteiger charge is -1.97. The topological polar surface area (TPSA) is 58.0 Å². The number of rotatable bonds is 3. The summed E-state index contributed by atoms with van der Waals surface area (Å²) in [6.07, 6.45) is 1.34. The van der Waals surface area contributed by atoms with Gasteiger partial charge in [0, 0.05) is 10.6 Å². The normalized spacial score (nSPS) is 8.33. The van der Waals surface area contributed by atoms with Gasteiger partial charge in [-0.1, -0.05) is 11.7 Å². The lowest BCUT2D eigenvalue weighted by Crippen LogP contribution is -1.77. The van der Waals surface area contributed by atoms with Gasteiger partial charge in [-0.25, -0.2) is 0 Å². The fraction of sp³-hybridized carbons (Fsp3) is 0. The number of ether oxygens (including phenoxy) is 1. The first-order valence-electron chi connectivity index (χ1n) is 3.29.